The molecule has 0 spiro atoms. The maximum absolute atomic E-state index is 12.9. The monoisotopic (exact) mass is 715 g/mol. The van der Waals surface area contributed by atoms with Crippen molar-refractivity contribution in [2.75, 3.05) is 27.2 Å². The van der Waals surface area contributed by atoms with Crippen LogP contribution in [0, 0.1) is 0 Å². The molecule has 0 radical (unpaired) electrons. The van der Waals surface area contributed by atoms with Gasteiger partial charge in [-0.05, 0) is 77.6 Å². The van der Waals surface area contributed by atoms with Gasteiger partial charge in [0.25, 0.3) is 0 Å². The van der Waals surface area contributed by atoms with Crippen LogP contribution in [0.5, 0.6) is 0 Å². The number of carbonyl (C=O) groups is 2. The van der Waals surface area contributed by atoms with Crippen molar-refractivity contribution in [3.05, 3.63) is 144 Å². The van der Waals surface area contributed by atoms with Gasteiger partial charge in [0.1, 0.15) is 10.8 Å². The number of rotatable bonds is 16. The van der Waals surface area contributed by atoms with E-state index in [0.29, 0.717) is 37.0 Å². The zero-order chi connectivity index (χ0) is 38.7. The SMILES string of the molecule is CC(C)[N+](C)(CCC(C(N)=O)(c1ccccc1)c1ccccc1)C(C)C.CC(C)[N+](C)(CCC(C(N)=O)(c1ccccc1)c1ccccc1)C(C)C.[LiH]. The average molecular weight is 715 g/mol. The molecule has 7 heteroatoms. The quantitative estimate of drug-likeness (QED) is 0.0927. The van der Waals surface area contributed by atoms with Crippen LogP contribution in [0.3, 0.4) is 0 Å². The Morgan fingerprint density at radius 2 is 0.642 bits per heavy atom. The summed E-state index contributed by atoms with van der Waals surface area (Å²) >= 11 is 0. The first kappa shape index (κ1) is 45.5. The summed E-state index contributed by atoms with van der Waals surface area (Å²) in [6, 6.07) is 41.8. The second-order valence-corrected chi connectivity index (χ2v) is 16.0. The summed E-state index contributed by atoms with van der Waals surface area (Å²) in [7, 11) is 4.55. The van der Waals surface area contributed by atoms with E-state index in [4.69, 9.17) is 11.5 Å². The molecule has 0 saturated carbocycles. The van der Waals surface area contributed by atoms with E-state index < -0.39 is 10.8 Å². The first-order valence-corrected chi connectivity index (χ1v) is 19.0. The average Bonchev–Trinajstić information content (AvgIpc) is 3.13. The summed E-state index contributed by atoms with van der Waals surface area (Å²) in [5, 5.41) is 0. The number of primary amides is 2. The van der Waals surface area contributed by atoms with E-state index >= 15 is 0 Å². The zero-order valence-electron chi connectivity index (χ0n) is 33.6. The molecule has 0 aromatic heterocycles. The van der Waals surface area contributed by atoms with Crippen LogP contribution in [0.25, 0.3) is 0 Å². The summed E-state index contributed by atoms with van der Waals surface area (Å²) in [4.78, 5) is 25.8. The van der Waals surface area contributed by atoms with Gasteiger partial charge in [-0.2, -0.15) is 0 Å². The van der Waals surface area contributed by atoms with Crippen molar-refractivity contribution < 1.29 is 18.6 Å². The molecule has 0 aliphatic carbocycles. The van der Waals surface area contributed by atoms with E-state index in [1.54, 1.807) is 0 Å². The third-order valence-corrected chi connectivity index (χ3v) is 12.6. The van der Waals surface area contributed by atoms with Gasteiger partial charge >= 0.3 is 18.9 Å². The fraction of sp³-hybridized carbons (Fsp3) is 0.435. The molecular weight excluding hydrogens is 647 g/mol. The Morgan fingerprint density at radius 1 is 0.453 bits per heavy atom. The number of hydrogen-bond donors (Lipinski definition) is 2. The zero-order valence-corrected chi connectivity index (χ0v) is 33.6. The Hall–Kier alpha value is -3.66. The van der Waals surface area contributed by atoms with Gasteiger partial charge in [-0.1, -0.05) is 121 Å². The van der Waals surface area contributed by atoms with E-state index in [9.17, 15) is 9.59 Å². The van der Waals surface area contributed by atoms with Crippen molar-refractivity contribution in [3.8, 4) is 0 Å². The van der Waals surface area contributed by atoms with Gasteiger partial charge in [-0.25, -0.2) is 0 Å². The summed E-state index contributed by atoms with van der Waals surface area (Å²) < 4.78 is 1.80. The fourth-order valence-electron chi connectivity index (χ4n) is 7.66. The maximum atomic E-state index is 12.9. The topological polar surface area (TPSA) is 86.2 Å². The van der Waals surface area contributed by atoms with Crippen LogP contribution >= 0.6 is 0 Å². The van der Waals surface area contributed by atoms with Crippen LogP contribution in [0.2, 0.25) is 0 Å². The Bertz CT molecular complexity index is 1450. The molecule has 2 amide bonds. The molecular formula is C46H67LiN4O2+2. The molecule has 4 aromatic carbocycles. The molecule has 0 heterocycles. The van der Waals surface area contributed by atoms with E-state index in [0.717, 1.165) is 44.3 Å². The number of amides is 2. The second kappa shape index (κ2) is 19.6. The number of quaternary nitrogens is 2. The number of nitrogens with two attached hydrogens (primary N) is 2. The Kier molecular flexibility index (Phi) is 16.8. The van der Waals surface area contributed by atoms with Crippen LogP contribution in [-0.4, -0.2) is 91.0 Å². The van der Waals surface area contributed by atoms with E-state index in [1.807, 2.05) is 121 Å². The number of benzene rings is 4. The van der Waals surface area contributed by atoms with Gasteiger partial charge in [0.15, 0.2) is 0 Å². The van der Waals surface area contributed by atoms with Crippen LogP contribution in [-0.2, 0) is 20.4 Å². The standard InChI is InChI=1S/2C23H32N2O.Li.H/c2*1-18(2)25(5,19(3)4)17-16-23(22(24)26,20-12-8-6-9-13-20)21-14-10-7-11-15-21;;/h2*6-15,18-19H,16-17H2,1-5H3,(H-,24,26);;/p+2. The molecule has 0 fully saturated rings. The summed E-state index contributed by atoms with van der Waals surface area (Å²) in [5.74, 6) is -0.567. The third-order valence-electron chi connectivity index (χ3n) is 12.6. The molecule has 0 aliphatic rings. The van der Waals surface area contributed by atoms with Gasteiger partial charge in [0.05, 0.1) is 51.4 Å². The molecule has 282 valence electrons. The van der Waals surface area contributed by atoms with Gasteiger partial charge in [-0.3, -0.25) is 9.59 Å². The molecule has 6 nitrogen and oxygen atoms in total. The number of nitrogens with zero attached hydrogens (tertiary/aromatic N) is 2. The van der Waals surface area contributed by atoms with Crippen molar-refractivity contribution in [1.82, 2.24) is 0 Å². The Morgan fingerprint density at radius 3 is 0.792 bits per heavy atom. The minimum absolute atomic E-state index is 0. The van der Waals surface area contributed by atoms with E-state index in [2.05, 4.69) is 69.5 Å². The Labute approximate surface area is 333 Å². The molecule has 4 aromatic rings. The predicted octanol–water partition coefficient (Wildman–Crippen LogP) is 7.57. The van der Waals surface area contributed by atoms with Crippen LogP contribution < -0.4 is 11.5 Å². The summed E-state index contributed by atoms with van der Waals surface area (Å²) in [5.41, 5.74) is 14.4. The van der Waals surface area contributed by atoms with E-state index in [1.165, 1.54) is 0 Å². The minimum atomic E-state index is -0.814. The summed E-state index contributed by atoms with van der Waals surface area (Å²) in [6.45, 7) is 19.7. The molecule has 0 atom stereocenters. The third kappa shape index (κ3) is 9.91. The van der Waals surface area contributed by atoms with Gasteiger partial charge in [0.2, 0.25) is 11.8 Å². The molecule has 0 saturated heterocycles. The fourth-order valence-corrected chi connectivity index (χ4v) is 7.66. The predicted molar refractivity (Wildman–Crippen MR) is 225 cm³/mol. The van der Waals surface area contributed by atoms with Crippen molar-refractivity contribution in [2.45, 2.75) is 103 Å². The molecule has 4 rings (SSSR count). The van der Waals surface area contributed by atoms with Crippen molar-refractivity contribution in [2.24, 2.45) is 11.5 Å². The van der Waals surface area contributed by atoms with Crippen molar-refractivity contribution in [3.63, 3.8) is 0 Å². The second-order valence-electron chi connectivity index (χ2n) is 16.0. The molecule has 53 heavy (non-hydrogen) atoms. The van der Waals surface area contributed by atoms with Crippen LogP contribution in [0.1, 0.15) is 90.5 Å². The van der Waals surface area contributed by atoms with Gasteiger partial charge in [0, 0.05) is 12.8 Å². The first-order valence-electron chi connectivity index (χ1n) is 19.0. The van der Waals surface area contributed by atoms with Crippen molar-refractivity contribution >= 4 is 30.7 Å². The van der Waals surface area contributed by atoms with Gasteiger partial charge in [-0.15, -0.1) is 0 Å². The van der Waals surface area contributed by atoms with Crippen molar-refractivity contribution in [1.29, 1.82) is 0 Å². The molecule has 0 unspecified atom stereocenters. The van der Waals surface area contributed by atoms with Crippen LogP contribution in [0.15, 0.2) is 121 Å². The number of hydrogen-bond acceptors (Lipinski definition) is 2. The normalized spacial score (nSPS) is 12.3. The molecule has 0 aliphatic heterocycles. The summed E-state index contributed by atoms with van der Waals surface area (Å²) in [6.07, 6.45) is 1.37. The molecule has 0 bridgehead atoms. The van der Waals surface area contributed by atoms with E-state index in [-0.39, 0.29) is 30.7 Å². The first-order chi connectivity index (χ1) is 24.5. The molecule has 4 N–H and O–H groups in total. The number of carbonyl (C=O) groups excluding carboxylic acids is 2. The Balaban J connectivity index is 0.000000360. The van der Waals surface area contributed by atoms with Crippen LogP contribution in [0.4, 0.5) is 0 Å². The van der Waals surface area contributed by atoms with Gasteiger partial charge < -0.3 is 20.4 Å².